The molecule has 0 aliphatic rings. The number of furan rings is 1. The summed E-state index contributed by atoms with van der Waals surface area (Å²) in [6.07, 6.45) is 1.93. The van der Waals surface area contributed by atoms with E-state index in [-0.39, 0.29) is 11.5 Å². The summed E-state index contributed by atoms with van der Waals surface area (Å²) in [5.41, 5.74) is 1.32. The molecule has 25 heavy (non-hydrogen) atoms. The number of unbranched alkanes of at least 4 members (excludes halogenated alkanes) is 1. The lowest BCUT2D eigenvalue weighted by atomic mass is 10.1. The second-order valence-corrected chi connectivity index (χ2v) is 5.80. The summed E-state index contributed by atoms with van der Waals surface area (Å²) in [4.78, 5) is 34.7. The topological polar surface area (TPSA) is 96.6 Å². The van der Waals surface area contributed by atoms with E-state index < -0.39 is 17.9 Å². The maximum Gasteiger partial charge on any atom is 0.326 e. The normalized spacial score (nSPS) is 11.8. The van der Waals surface area contributed by atoms with Gasteiger partial charge in [0, 0.05) is 11.1 Å². The molecular weight excluding hydrogens is 322 g/mol. The largest absolute Gasteiger partial charge is 0.480 e. The number of aliphatic carboxylic acids is 1. The van der Waals surface area contributed by atoms with Crippen molar-refractivity contribution < 1.29 is 23.9 Å². The van der Waals surface area contributed by atoms with Gasteiger partial charge in [0.1, 0.15) is 11.8 Å². The number of carboxylic acids is 1. The zero-order chi connectivity index (χ0) is 18.4. The molecule has 6 nitrogen and oxygen atoms in total. The number of amides is 1. The summed E-state index contributed by atoms with van der Waals surface area (Å²) in [5, 5.41) is 11.7. The van der Waals surface area contributed by atoms with Crippen molar-refractivity contribution in [1.29, 1.82) is 0 Å². The molecular formula is C19H21NO5. The molecule has 1 unspecified atom stereocenters. The number of hydrogen-bond donors (Lipinski definition) is 2. The fourth-order valence-electron chi connectivity index (χ4n) is 2.38. The van der Waals surface area contributed by atoms with Crippen LogP contribution < -0.4 is 5.32 Å². The molecule has 2 N–H and O–H groups in total. The molecule has 1 heterocycles. The van der Waals surface area contributed by atoms with Crippen LogP contribution in [-0.4, -0.2) is 28.8 Å². The van der Waals surface area contributed by atoms with Crippen molar-refractivity contribution in [2.75, 3.05) is 0 Å². The Morgan fingerprint density at radius 2 is 1.80 bits per heavy atom. The van der Waals surface area contributed by atoms with E-state index in [1.807, 2.05) is 6.92 Å². The highest BCUT2D eigenvalue weighted by Crippen LogP contribution is 2.23. The molecule has 0 bridgehead atoms. The monoisotopic (exact) mass is 343 g/mol. The Hall–Kier alpha value is -2.89. The lowest BCUT2D eigenvalue weighted by molar-refractivity contribution is -0.139. The van der Waals surface area contributed by atoms with Crippen LogP contribution in [-0.2, 0) is 4.79 Å². The van der Waals surface area contributed by atoms with Crippen molar-refractivity contribution in [3.8, 4) is 11.3 Å². The number of ketones is 1. The quantitative estimate of drug-likeness (QED) is 0.715. The second-order valence-electron chi connectivity index (χ2n) is 5.80. The van der Waals surface area contributed by atoms with Crippen LogP contribution >= 0.6 is 0 Å². The Labute approximate surface area is 145 Å². The smallest absolute Gasteiger partial charge is 0.326 e. The third-order valence-corrected chi connectivity index (χ3v) is 3.86. The fourth-order valence-corrected chi connectivity index (χ4v) is 2.38. The van der Waals surface area contributed by atoms with Crippen LogP contribution in [0.2, 0.25) is 0 Å². The number of carboxylic acid groups (broad SMARTS) is 1. The highest BCUT2D eigenvalue weighted by molar-refractivity contribution is 5.95. The molecule has 2 rings (SSSR count). The van der Waals surface area contributed by atoms with Crippen LogP contribution in [0.15, 0.2) is 40.8 Å². The van der Waals surface area contributed by atoms with Gasteiger partial charge in [0.25, 0.3) is 5.91 Å². The molecule has 1 aromatic carbocycles. The summed E-state index contributed by atoms with van der Waals surface area (Å²) < 4.78 is 5.53. The van der Waals surface area contributed by atoms with E-state index in [4.69, 9.17) is 4.42 Å². The Kier molecular flexibility index (Phi) is 6.11. The molecule has 0 spiro atoms. The van der Waals surface area contributed by atoms with Crippen molar-refractivity contribution in [3.05, 3.63) is 47.7 Å². The molecule has 0 aliphatic heterocycles. The van der Waals surface area contributed by atoms with E-state index in [1.165, 1.54) is 13.0 Å². The Bertz CT molecular complexity index is 760. The number of carbonyl (C=O) groups is 3. The molecule has 1 amide bonds. The highest BCUT2D eigenvalue weighted by Gasteiger charge is 2.22. The minimum absolute atomic E-state index is 0.0298. The van der Waals surface area contributed by atoms with Crippen LogP contribution in [0.5, 0.6) is 0 Å². The van der Waals surface area contributed by atoms with E-state index in [0.717, 1.165) is 12.0 Å². The minimum Gasteiger partial charge on any atom is -0.480 e. The van der Waals surface area contributed by atoms with Gasteiger partial charge in [0.15, 0.2) is 11.5 Å². The minimum atomic E-state index is -1.06. The Morgan fingerprint density at radius 1 is 1.12 bits per heavy atom. The van der Waals surface area contributed by atoms with Gasteiger partial charge in [0.05, 0.1) is 0 Å². The van der Waals surface area contributed by atoms with Crippen LogP contribution in [0.25, 0.3) is 11.3 Å². The lowest BCUT2D eigenvalue weighted by Crippen LogP contribution is -2.40. The van der Waals surface area contributed by atoms with Crippen LogP contribution in [0.4, 0.5) is 0 Å². The summed E-state index contributed by atoms with van der Waals surface area (Å²) >= 11 is 0. The first kappa shape index (κ1) is 18.4. The molecule has 0 saturated heterocycles. The molecule has 2 aromatic rings. The molecule has 6 heteroatoms. The lowest BCUT2D eigenvalue weighted by Gasteiger charge is -2.12. The summed E-state index contributed by atoms with van der Waals surface area (Å²) in [7, 11) is 0. The van der Waals surface area contributed by atoms with Crippen LogP contribution in [0.1, 0.15) is 54.0 Å². The van der Waals surface area contributed by atoms with Crippen molar-refractivity contribution in [1.82, 2.24) is 5.32 Å². The summed E-state index contributed by atoms with van der Waals surface area (Å²) in [6.45, 7) is 3.44. The average Bonchev–Trinajstić information content (AvgIpc) is 3.08. The standard InChI is InChI=1S/C19H21NO5/c1-3-4-5-15(19(23)24)20-18(22)17-11-10-16(25-17)14-8-6-13(7-9-14)12(2)21/h6-11,15H,3-5H2,1-2H3,(H,20,22)(H,23,24). The number of hydrogen-bond acceptors (Lipinski definition) is 4. The first-order chi connectivity index (χ1) is 11.9. The average molecular weight is 343 g/mol. The molecule has 0 aliphatic carbocycles. The molecule has 0 saturated carbocycles. The third-order valence-electron chi connectivity index (χ3n) is 3.86. The first-order valence-corrected chi connectivity index (χ1v) is 8.17. The number of benzene rings is 1. The summed E-state index contributed by atoms with van der Waals surface area (Å²) in [6, 6.07) is 9.05. The van der Waals surface area contributed by atoms with Gasteiger partial charge in [0.2, 0.25) is 0 Å². The van der Waals surface area contributed by atoms with Crippen LogP contribution in [0.3, 0.4) is 0 Å². The third kappa shape index (κ3) is 4.79. The molecule has 1 atom stereocenters. The van der Waals surface area contributed by atoms with E-state index in [1.54, 1.807) is 30.3 Å². The highest BCUT2D eigenvalue weighted by atomic mass is 16.4. The Morgan fingerprint density at radius 3 is 2.36 bits per heavy atom. The Balaban J connectivity index is 2.10. The molecule has 1 aromatic heterocycles. The van der Waals surface area contributed by atoms with E-state index in [0.29, 0.717) is 24.2 Å². The van der Waals surface area contributed by atoms with E-state index in [9.17, 15) is 19.5 Å². The predicted molar refractivity (Wildman–Crippen MR) is 92.6 cm³/mol. The maximum absolute atomic E-state index is 12.2. The van der Waals surface area contributed by atoms with Gasteiger partial charge in [-0.1, -0.05) is 44.0 Å². The number of rotatable bonds is 8. The van der Waals surface area contributed by atoms with E-state index >= 15 is 0 Å². The van der Waals surface area contributed by atoms with Gasteiger partial charge in [-0.2, -0.15) is 0 Å². The molecule has 0 radical (unpaired) electrons. The van der Waals surface area contributed by atoms with Crippen molar-refractivity contribution in [3.63, 3.8) is 0 Å². The van der Waals surface area contributed by atoms with Crippen molar-refractivity contribution in [2.45, 2.75) is 39.2 Å². The molecule has 0 fully saturated rings. The van der Waals surface area contributed by atoms with Crippen molar-refractivity contribution >= 4 is 17.7 Å². The second kappa shape index (κ2) is 8.28. The van der Waals surface area contributed by atoms with Gasteiger partial charge in [-0.3, -0.25) is 9.59 Å². The maximum atomic E-state index is 12.2. The van der Waals surface area contributed by atoms with Gasteiger partial charge in [-0.15, -0.1) is 0 Å². The number of Topliss-reactive ketones (excluding diaryl/α,β-unsaturated/α-hetero) is 1. The van der Waals surface area contributed by atoms with Gasteiger partial charge >= 0.3 is 5.97 Å². The molecule has 132 valence electrons. The van der Waals surface area contributed by atoms with Gasteiger partial charge in [-0.25, -0.2) is 4.79 Å². The zero-order valence-electron chi connectivity index (χ0n) is 14.2. The van der Waals surface area contributed by atoms with Gasteiger partial charge in [-0.05, 0) is 25.5 Å². The van der Waals surface area contributed by atoms with Crippen LogP contribution in [0, 0.1) is 0 Å². The first-order valence-electron chi connectivity index (χ1n) is 8.17. The number of carbonyl (C=O) groups excluding carboxylic acids is 2. The van der Waals surface area contributed by atoms with Gasteiger partial charge < -0.3 is 14.8 Å². The number of nitrogens with one attached hydrogen (secondary N) is 1. The predicted octanol–water partition coefficient (Wildman–Crippen LogP) is 3.52. The fraction of sp³-hybridized carbons (Fsp3) is 0.316. The summed E-state index contributed by atoms with van der Waals surface area (Å²) in [5.74, 6) is -1.13. The zero-order valence-corrected chi connectivity index (χ0v) is 14.2. The van der Waals surface area contributed by atoms with Crippen molar-refractivity contribution in [2.24, 2.45) is 0 Å². The SMILES string of the molecule is CCCCC(NC(=O)c1ccc(-c2ccc(C(C)=O)cc2)o1)C(=O)O. The van der Waals surface area contributed by atoms with E-state index in [2.05, 4.69) is 5.32 Å².